The topological polar surface area (TPSA) is 30.0 Å². The molecule has 18 heavy (non-hydrogen) atoms. The van der Waals surface area contributed by atoms with Crippen molar-refractivity contribution in [3.05, 3.63) is 64.4 Å². The van der Waals surface area contributed by atoms with Gasteiger partial charge in [0.2, 0.25) is 0 Å². The molecule has 1 heterocycles. The van der Waals surface area contributed by atoms with Gasteiger partial charge >= 0.3 is 0 Å². The molecule has 3 heteroatoms. The molecule has 0 fully saturated rings. The van der Waals surface area contributed by atoms with Crippen LogP contribution in [-0.2, 0) is 6.42 Å². The van der Waals surface area contributed by atoms with Crippen LogP contribution < -0.4 is 0 Å². The van der Waals surface area contributed by atoms with Crippen molar-refractivity contribution in [1.29, 1.82) is 0 Å². The van der Waals surface area contributed by atoms with Crippen LogP contribution in [0.15, 0.2) is 42.7 Å². The fourth-order valence-electron chi connectivity index (χ4n) is 1.71. The average Bonchev–Trinajstić information content (AvgIpc) is 2.40. The van der Waals surface area contributed by atoms with Crippen molar-refractivity contribution in [2.75, 3.05) is 0 Å². The van der Waals surface area contributed by atoms with Gasteiger partial charge in [-0.3, -0.25) is 9.78 Å². The molecule has 2 aromatic rings. The third-order valence-electron chi connectivity index (χ3n) is 2.86. The minimum absolute atomic E-state index is 0.112. The lowest BCUT2D eigenvalue weighted by Crippen LogP contribution is -2.01. The molecule has 0 saturated heterocycles. The number of aryl methyl sites for hydroxylation is 2. The summed E-state index contributed by atoms with van der Waals surface area (Å²) in [6, 6.07) is 9.29. The van der Waals surface area contributed by atoms with Crippen LogP contribution in [0.5, 0.6) is 0 Å². The highest BCUT2D eigenvalue weighted by molar-refractivity contribution is 6.31. The molecule has 0 bridgehead atoms. The smallest absolute Gasteiger partial charge is 0.163 e. The van der Waals surface area contributed by atoms with Gasteiger partial charge in [0, 0.05) is 29.4 Å². The summed E-state index contributed by atoms with van der Waals surface area (Å²) in [5.74, 6) is 0.112. The predicted molar refractivity (Wildman–Crippen MR) is 73.1 cm³/mol. The normalized spacial score (nSPS) is 10.3. The van der Waals surface area contributed by atoms with Gasteiger partial charge in [0.15, 0.2) is 5.78 Å². The van der Waals surface area contributed by atoms with Crippen molar-refractivity contribution in [3.8, 4) is 0 Å². The number of hydrogen-bond acceptors (Lipinski definition) is 2. The van der Waals surface area contributed by atoms with Crippen LogP contribution in [0.4, 0.5) is 0 Å². The summed E-state index contributed by atoms with van der Waals surface area (Å²) in [5, 5.41) is 0.641. The number of carbonyl (C=O) groups is 1. The van der Waals surface area contributed by atoms with Crippen LogP contribution in [0.1, 0.15) is 27.9 Å². The van der Waals surface area contributed by atoms with Crippen LogP contribution in [-0.4, -0.2) is 10.8 Å². The van der Waals surface area contributed by atoms with E-state index in [0.29, 0.717) is 23.4 Å². The van der Waals surface area contributed by atoms with E-state index in [0.717, 1.165) is 11.1 Å². The van der Waals surface area contributed by atoms with E-state index in [4.69, 9.17) is 11.6 Å². The Kier molecular flexibility index (Phi) is 4.11. The highest BCUT2D eigenvalue weighted by atomic mass is 35.5. The zero-order chi connectivity index (χ0) is 13.0. The Hall–Kier alpha value is -1.67. The molecule has 0 N–H and O–H groups in total. The minimum Gasteiger partial charge on any atom is -0.294 e. The Morgan fingerprint density at radius 2 is 2.17 bits per heavy atom. The lowest BCUT2D eigenvalue weighted by atomic mass is 10.0. The van der Waals surface area contributed by atoms with E-state index in [1.165, 1.54) is 0 Å². The van der Waals surface area contributed by atoms with Crippen molar-refractivity contribution in [3.63, 3.8) is 0 Å². The second-order valence-electron chi connectivity index (χ2n) is 4.25. The second-order valence-corrected chi connectivity index (χ2v) is 4.66. The fourth-order valence-corrected chi connectivity index (χ4v) is 1.90. The van der Waals surface area contributed by atoms with Crippen molar-refractivity contribution in [2.24, 2.45) is 0 Å². The van der Waals surface area contributed by atoms with Gasteiger partial charge in [0.25, 0.3) is 0 Å². The van der Waals surface area contributed by atoms with Gasteiger partial charge in [0.05, 0.1) is 0 Å². The number of rotatable bonds is 4. The molecular weight excluding hydrogens is 246 g/mol. The zero-order valence-corrected chi connectivity index (χ0v) is 10.9. The third-order valence-corrected chi connectivity index (χ3v) is 3.26. The summed E-state index contributed by atoms with van der Waals surface area (Å²) >= 11 is 6.01. The van der Waals surface area contributed by atoms with E-state index in [9.17, 15) is 4.79 Å². The quantitative estimate of drug-likeness (QED) is 0.781. The van der Waals surface area contributed by atoms with E-state index < -0.39 is 0 Å². The molecule has 2 nitrogen and oxygen atoms in total. The first-order valence-electron chi connectivity index (χ1n) is 5.85. The van der Waals surface area contributed by atoms with Crippen molar-refractivity contribution >= 4 is 17.4 Å². The van der Waals surface area contributed by atoms with Crippen LogP contribution >= 0.6 is 11.6 Å². The van der Waals surface area contributed by atoms with Gasteiger partial charge in [-0.1, -0.05) is 29.8 Å². The molecule has 2 rings (SSSR count). The molecule has 1 aromatic heterocycles. The molecule has 0 amide bonds. The number of halogens is 1. The van der Waals surface area contributed by atoms with E-state index >= 15 is 0 Å². The molecule has 0 spiro atoms. The van der Waals surface area contributed by atoms with E-state index in [2.05, 4.69) is 4.98 Å². The lowest BCUT2D eigenvalue weighted by Gasteiger charge is -2.03. The molecule has 0 atom stereocenters. The van der Waals surface area contributed by atoms with E-state index in [1.54, 1.807) is 18.5 Å². The molecule has 0 saturated carbocycles. The number of pyridine rings is 1. The third kappa shape index (κ3) is 3.17. The molecule has 92 valence electrons. The molecule has 0 aliphatic carbocycles. The van der Waals surface area contributed by atoms with Crippen LogP contribution in [0, 0.1) is 6.92 Å². The van der Waals surface area contributed by atoms with Gasteiger partial charge in [-0.15, -0.1) is 0 Å². The number of carbonyl (C=O) groups excluding carboxylic acids is 1. The lowest BCUT2D eigenvalue weighted by molar-refractivity contribution is 0.0983. The Labute approximate surface area is 112 Å². The molecule has 1 aromatic carbocycles. The Morgan fingerprint density at radius 3 is 2.83 bits per heavy atom. The van der Waals surface area contributed by atoms with Crippen LogP contribution in [0.3, 0.4) is 0 Å². The maximum Gasteiger partial charge on any atom is 0.163 e. The monoisotopic (exact) mass is 259 g/mol. The standard InChI is InChI=1S/C15H14ClNO/c1-11-4-6-13(9-14(11)16)15(18)7-5-12-3-2-8-17-10-12/h2-4,6,8-10H,5,7H2,1H3. The number of aromatic nitrogens is 1. The summed E-state index contributed by atoms with van der Waals surface area (Å²) < 4.78 is 0. The molecule has 0 aliphatic rings. The van der Waals surface area contributed by atoms with Gasteiger partial charge in [0.1, 0.15) is 0 Å². The summed E-state index contributed by atoms with van der Waals surface area (Å²) in [4.78, 5) is 16.0. The molecule has 0 aliphatic heterocycles. The molecule has 0 radical (unpaired) electrons. The highest BCUT2D eigenvalue weighted by Gasteiger charge is 2.07. The predicted octanol–water partition coefficient (Wildman–Crippen LogP) is 3.86. The second kappa shape index (κ2) is 5.78. The summed E-state index contributed by atoms with van der Waals surface area (Å²) in [6.45, 7) is 1.92. The van der Waals surface area contributed by atoms with E-state index in [1.807, 2.05) is 31.2 Å². The van der Waals surface area contributed by atoms with Gasteiger partial charge in [-0.25, -0.2) is 0 Å². The number of nitrogens with zero attached hydrogens (tertiary/aromatic N) is 1. The molecule has 0 unspecified atom stereocenters. The number of Topliss-reactive ketones (excluding diaryl/α,β-unsaturated/α-hetero) is 1. The summed E-state index contributed by atoms with van der Waals surface area (Å²) in [7, 11) is 0. The van der Waals surface area contributed by atoms with Gasteiger partial charge < -0.3 is 0 Å². The minimum atomic E-state index is 0.112. The Balaban J connectivity index is 2.02. The van der Waals surface area contributed by atoms with Gasteiger partial charge in [-0.2, -0.15) is 0 Å². The maximum atomic E-state index is 12.0. The largest absolute Gasteiger partial charge is 0.294 e. The first-order valence-corrected chi connectivity index (χ1v) is 6.23. The Bertz CT molecular complexity index is 552. The zero-order valence-electron chi connectivity index (χ0n) is 10.2. The van der Waals surface area contributed by atoms with Crippen molar-refractivity contribution in [2.45, 2.75) is 19.8 Å². The summed E-state index contributed by atoms with van der Waals surface area (Å²) in [5.41, 5.74) is 2.74. The number of benzene rings is 1. The Morgan fingerprint density at radius 1 is 1.33 bits per heavy atom. The number of ketones is 1. The molecular formula is C15H14ClNO. The number of hydrogen-bond donors (Lipinski definition) is 0. The van der Waals surface area contributed by atoms with Crippen LogP contribution in [0.25, 0.3) is 0 Å². The SMILES string of the molecule is Cc1ccc(C(=O)CCc2cccnc2)cc1Cl. The first-order chi connectivity index (χ1) is 8.66. The van der Waals surface area contributed by atoms with Crippen LogP contribution in [0.2, 0.25) is 5.02 Å². The average molecular weight is 260 g/mol. The van der Waals surface area contributed by atoms with E-state index in [-0.39, 0.29) is 5.78 Å². The highest BCUT2D eigenvalue weighted by Crippen LogP contribution is 2.18. The maximum absolute atomic E-state index is 12.0. The van der Waals surface area contributed by atoms with Gasteiger partial charge in [-0.05, 0) is 36.6 Å². The summed E-state index contributed by atoms with van der Waals surface area (Å²) in [6.07, 6.45) is 4.70. The fraction of sp³-hybridized carbons (Fsp3) is 0.200. The van der Waals surface area contributed by atoms with Crippen molar-refractivity contribution < 1.29 is 4.79 Å². The first kappa shape index (κ1) is 12.8. The van der Waals surface area contributed by atoms with Crippen molar-refractivity contribution in [1.82, 2.24) is 4.98 Å².